The molecule has 0 aliphatic rings. The summed E-state index contributed by atoms with van der Waals surface area (Å²) in [6.45, 7) is 4.18. The molecule has 1 amide bonds. The van der Waals surface area contributed by atoms with E-state index in [0.29, 0.717) is 34.2 Å². The van der Waals surface area contributed by atoms with Gasteiger partial charge in [0.2, 0.25) is 5.91 Å². The van der Waals surface area contributed by atoms with Crippen LogP contribution in [-0.2, 0) is 4.79 Å². The molecular formula is C26H26ClNO4. The van der Waals surface area contributed by atoms with E-state index < -0.39 is 11.3 Å². The Hall–Kier alpha value is -3.31. The lowest BCUT2D eigenvalue weighted by molar-refractivity contribution is -0.116. The zero-order chi connectivity index (χ0) is 23.3. The number of halogens is 1. The minimum Gasteiger partial charge on any atom is -0.493 e. The monoisotopic (exact) mass is 451 g/mol. The van der Waals surface area contributed by atoms with E-state index in [1.165, 1.54) is 14.2 Å². The molecule has 6 heteroatoms. The first-order valence-corrected chi connectivity index (χ1v) is 10.7. The number of carbonyl (C=O) groups excluding carboxylic acids is 2. The summed E-state index contributed by atoms with van der Waals surface area (Å²) in [6.07, 6.45) is 0. The third-order valence-corrected chi connectivity index (χ3v) is 5.64. The van der Waals surface area contributed by atoms with Gasteiger partial charge in [0.25, 0.3) is 0 Å². The van der Waals surface area contributed by atoms with Gasteiger partial charge in [-0.3, -0.25) is 9.59 Å². The Bertz CT molecular complexity index is 1090. The van der Waals surface area contributed by atoms with Gasteiger partial charge >= 0.3 is 0 Å². The number of ether oxygens (including phenoxy) is 2. The molecule has 3 rings (SSSR count). The van der Waals surface area contributed by atoms with E-state index >= 15 is 0 Å². The van der Waals surface area contributed by atoms with Gasteiger partial charge in [0.1, 0.15) is 5.38 Å². The standard InChI is InChI=1S/C26H26ClNO4/c1-16(2)17-10-12-19(13-11-17)25(29)20-14-22(31-3)23(32-4)15-21(20)28-26(30)24(27)18-8-6-5-7-9-18/h5-16,24H,1-4H3,(H,28,30). The number of hydrogen-bond acceptors (Lipinski definition) is 4. The zero-order valence-electron chi connectivity index (χ0n) is 18.5. The normalized spacial score (nSPS) is 11.7. The highest BCUT2D eigenvalue weighted by Crippen LogP contribution is 2.35. The van der Waals surface area contributed by atoms with E-state index in [9.17, 15) is 9.59 Å². The van der Waals surface area contributed by atoms with E-state index in [0.717, 1.165) is 5.56 Å². The number of hydrogen-bond donors (Lipinski definition) is 1. The maximum atomic E-state index is 13.4. The van der Waals surface area contributed by atoms with Crippen LogP contribution >= 0.6 is 11.6 Å². The molecule has 3 aromatic carbocycles. The number of nitrogens with one attached hydrogen (secondary N) is 1. The molecule has 0 saturated heterocycles. The van der Waals surface area contributed by atoms with Crippen molar-refractivity contribution in [2.45, 2.75) is 25.1 Å². The number of anilines is 1. The van der Waals surface area contributed by atoms with Crippen LogP contribution in [-0.4, -0.2) is 25.9 Å². The first-order valence-electron chi connectivity index (χ1n) is 10.3. The maximum Gasteiger partial charge on any atom is 0.246 e. The Morgan fingerprint density at radius 3 is 2.00 bits per heavy atom. The van der Waals surface area contributed by atoms with Crippen molar-refractivity contribution in [3.8, 4) is 11.5 Å². The van der Waals surface area contributed by atoms with Crippen molar-refractivity contribution in [3.63, 3.8) is 0 Å². The quantitative estimate of drug-likeness (QED) is 0.338. The van der Waals surface area contributed by atoms with Crippen LogP contribution in [0.1, 0.15) is 52.2 Å². The molecule has 166 valence electrons. The molecule has 32 heavy (non-hydrogen) atoms. The molecule has 5 nitrogen and oxygen atoms in total. The number of alkyl halides is 1. The lowest BCUT2D eigenvalue weighted by Gasteiger charge is -2.17. The van der Waals surface area contributed by atoms with Crippen molar-refractivity contribution in [2.24, 2.45) is 0 Å². The lowest BCUT2D eigenvalue weighted by Crippen LogP contribution is -2.19. The Kier molecular flexibility index (Phi) is 7.54. The highest BCUT2D eigenvalue weighted by Gasteiger charge is 2.23. The Labute approximate surface area is 193 Å². The second-order valence-electron chi connectivity index (χ2n) is 7.62. The summed E-state index contributed by atoms with van der Waals surface area (Å²) in [7, 11) is 2.98. The lowest BCUT2D eigenvalue weighted by atomic mass is 9.97. The Morgan fingerprint density at radius 2 is 1.44 bits per heavy atom. The molecule has 1 N–H and O–H groups in total. The van der Waals surface area contributed by atoms with Crippen molar-refractivity contribution in [3.05, 3.63) is 89.0 Å². The summed E-state index contributed by atoms with van der Waals surface area (Å²) in [6, 6.07) is 19.6. The van der Waals surface area contributed by atoms with Gasteiger partial charge in [-0.05, 0) is 23.1 Å². The van der Waals surface area contributed by atoms with Gasteiger partial charge in [-0.1, -0.05) is 68.4 Å². The summed E-state index contributed by atoms with van der Waals surface area (Å²) in [5.74, 6) is 0.434. The summed E-state index contributed by atoms with van der Waals surface area (Å²) in [5, 5.41) is 1.87. The number of methoxy groups -OCH3 is 2. The average Bonchev–Trinajstić information content (AvgIpc) is 2.83. The van der Waals surface area contributed by atoms with Crippen LogP contribution in [0, 0.1) is 0 Å². The van der Waals surface area contributed by atoms with Crippen molar-refractivity contribution in [2.75, 3.05) is 19.5 Å². The highest BCUT2D eigenvalue weighted by molar-refractivity contribution is 6.32. The van der Waals surface area contributed by atoms with Gasteiger partial charge in [0.05, 0.1) is 25.5 Å². The van der Waals surface area contributed by atoms with Crippen LogP contribution in [0.5, 0.6) is 11.5 Å². The number of amides is 1. The van der Waals surface area contributed by atoms with Gasteiger partial charge in [-0.15, -0.1) is 11.6 Å². The summed E-state index contributed by atoms with van der Waals surface area (Å²) in [5.41, 5.74) is 2.87. The molecule has 1 unspecified atom stereocenters. The molecule has 0 spiro atoms. The Morgan fingerprint density at radius 1 is 0.844 bits per heavy atom. The molecule has 0 heterocycles. The van der Waals surface area contributed by atoms with Crippen LogP contribution < -0.4 is 14.8 Å². The molecule has 0 aliphatic heterocycles. The van der Waals surface area contributed by atoms with E-state index in [-0.39, 0.29) is 11.3 Å². The molecule has 3 aromatic rings. The minimum atomic E-state index is -0.919. The van der Waals surface area contributed by atoms with E-state index in [4.69, 9.17) is 21.1 Å². The van der Waals surface area contributed by atoms with Crippen molar-refractivity contribution in [1.29, 1.82) is 0 Å². The van der Waals surface area contributed by atoms with Crippen LogP contribution in [0.15, 0.2) is 66.7 Å². The molecule has 1 atom stereocenters. The van der Waals surface area contributed by atoms with Gasteiger partial charge < -0.3 is 14.8 Å². The predicted octanol–water partition coefficient (Wildman–Crippen LogP) is 5.98. The molecule has 0 saturated carbocycles. The van der Waals surface area contributed by atoms with E-state index in [2.05, 4.69) is 19.2 Å². The first kappa shape index (κ1) is 23.4. The van der Waals surface area contributed by atoms with Gasteiger partial charge in [0, 0.05) is 11.6 Å². The largest absolute Gasteiger partial charge is 0.493 e. The Balaban J connectivity index is 1.99. The summed E-state index contributed by atoms with van der Waals surface area (Å²) < 4.78 is 10.7. The van der Waals surface area contributed by atoms with Crippen molar-refractivity contribution < 1.29 is 19.1 Å². The fraction of sp³-hybridized carbons (Fsp3) is 0.231. The van der Waals surface area contributed by atoms with Gasteiger partial charge in [-0.2, -0.15) is 0 Å². The summed E-state index contributed by atoms with van der Waals surface area (Å²) >= 11 is 6.38. The van der Waals surface area contributed by atoms with Gasteiger partial charge in [0.15, 0.2) is 17.3 Å². The SMILES string of the molecule is COc1cc(NC(=O)C(Cl)c2ccccc2)c(C(=O)c2ccc(C(C)C)cc2)cc1OC. The topological polar surface area (TPSA) is 64.6 Å². The maximum absolute atomic E-state index is 13.4. The molecular weight excluding hydrogens is 426 g/mol. The molecule has 0 bridgehead atoms. The van der Waals surface area contributed by atoms with Crippen LogP contribution in [0.2, 0.25) is 0 Å². The van der Waals surface area contributed by atoms with E-state index in [1.54, 1.807) is 36.4 Å². The fourth-order valence-corrected chi connectivity index (χ4v) is 3.51. The molecule has 0 fully saturated rings. The average molecular weight is 452 g/mol. The second-order valence-corrected chi connectivity index (χ2v) is 8.06. The van der Waals surface area contributed by atoms with Crippen LogP contribution in [0.25, 0.3) is 0 Å². The molecule has 0 radical (unpaired) electrons. The summed E-state index contributed by atoms with van der Waals surface area (Å²) in [4.78, 5) is 26.2. The first-order chi connectivity index (χ1) is 15.3. The number of ketones is 1. The number of carbonyl (C=O) groups is 2. The van der Waals surface area contributed by atoms with Crippen molar-refractivity contribution in [1.82, 2.24) is 0 Å². The minimum absolute atomic E-state index is 0.248. The van der Waals surface area contributed by atoms with E-state index in [1.807, 2.05) is 30.3 Å². The van der Waals surface area contributed by atoms with Crippen molar-refractivity contribution >= 4 is 29.0 Å². The van der Waals surface area contributed by atoms with Gasteiger partial charge in [-0.25, -0.2) is 0 Å². The zero-order valence-corrected chi connectivity index (χ0v) is 19.3. The predicted molar refractivity (Wildman–Crippen MR) is 127 cm³/mol. The third kappa shape index (κ3) is 5.11. The molecule has 0 aromatic heterocycles. The number of benzene rings is 3. The number of rotatable bonds is 8. The van der Waals surface area contributed by atoms with Crippen LogP contribution in [0.4, 0.5) is 5.69 Å². The molecule has 0 aliphatic carbocycles. The third-order valence-electron chi connectivity index (χ3n) is 5.19. The van der Waals surface area contributed by atoms with Crippen LogP contribution in [0.3, 0.4) is 0 Å². The second kappa shape index (κ2) is 10.3. The fourth-order valence-electron chi connectivity index (χ4n) is 3.31. The smallest absolute Gasteiger partial charge is 0.246 e. The highest BCUT2D eigenvalue weighted by atomic mass is 35.5.